The third-order valence-corrected chi connectivity index (χ3v) is 7.65. The summed E-state index contributed by atoms with van der Waals surface area (Å²) in [4.78, 5) is 9.17. The minimum absolute atomic E-state index is 0. The minimum Gasteiger partial charge on any atom is -1.00 e. The van der Waals surface area contributed by atoms with E-state index in [1.54, 1.807) is 0 Å². The molecule has 0 unspecified atom stereocenters. The van der Waals surface area contributed by atoms with Gasteiger partial charge in [-0.05, 0) is 151 Å². The maximum absolute atomic E-state index is 4.59. The van der Waals surface area contributed by atoms with E-state index >= 15 is 0 Å². The van der Waals surface area contributed by atoms with Gasteiger partial charge in [-0.3, -0.25) is 0 Å². The Hall–Kier alpha value is -2.55. The maximum Gasteiger partial charge on any atom is 0.327 e. The molecule has 0 amide bonds. The number of hydrogen-bond acceptors (Lipinski definition) is 2. The summed E-state index contributed by atoms with van der Waals surface area (Å²) in [6.45, 7) is 15.0. The first kappa shape index (κ1) is 46.6. The second-order valence-corrected chi connectivity index (χ2v) is 10.6. The van der Waals surface area contributed by atoms with Gasteiger partial charge >= 0.3 is 11.6 Å². The number of rotatable bonds is 6. The average molecular weight is 798 g/mol. The largest absolute Gasteiger partial charge is 1.00 e. The molecule has 2 aromatic heterocycles. The van der Waals surface area contributed by atoms with Gasteiger partial charge in [0.1, 0.15) is 23.8 Å². The van der Waals surface area contributed by atoms with Crippen LogP contribution in [0.4, 0.5) is 23.0 Å². The molecule has 0 spiro atoms. The van der Waals surface area contributed by atoms with Crippen LogP contribution in [0.1, 0.15) is 41.7 Å². The van der Waals surface area contributed by atoms with Crippen LogP contribution < -0.4 is 58.8 Å². The summed E-state index contributed by atoms with van der Waals surface area (Å²) in [6, 6.07) is 28.0. The Morgan fingerprint density at radius 3 is 1.23 bits per heavy atom. The maximum atomic E-state index is 4.59. The fourth-order valence-electron chi connectivity index (χ4n) is 5.85. The molecule has 0 atom stereocenters. The summed E-state index contributed by atoms with van der Waals surface area (Å²) in [5.74, 6) is 1.84. The summed E-state index contributed by atoms with van der Waals surface area (Å²) < 4.78 is 4.34. The van der Waals surface area contributed by atoms with E-state index in [1.165, 1.54) is 61.4 Å². The number of benzene rings is 3. The standard InChI is InChI=1S/C37H38N4.4ClH.2Ni/c1-8-40(34-14-10-12-18-38-34)36-26(4)20-31(21-27(36)5)30-17-16-25(3)33(24-30)32-22-28(6)37(29(7)23-32)41(9-2)35-15-11-13-19-39-35;;;;;;/h8-24H,1-7H3;4*1H;;/q+2;;;;;;/p-4. The Labute approximate surface area is 324 Å². The molecule has 0 aliphatic heterocycles. The predicted octanol–water partition coefficient (Wildman–Crippen LogP) is -2.79. The fourth-order valence-corrected chi connectivity index (χ4v) is 5.85. The van der Waals surface area contributed by atoms with Crippen molar-refractivity contribution in [2.45, 2.75) is 48.5 Å². The second kappa shape index (κ2) is 20.7. The molecule has 2 heterocycles. The van der Waals surface area contributed by atoms with Gasteiger partial charge < -0.3 is 49.6 Å². The molecular formula is C37H38Cl4N4Ni2-2. The van der Waals surface area contributed by atoms with E-state index in [1.807, 2.05) is 48.8 Å². The summed E-state index contributed by atoms with van der Waals surface area (Å²) in [5.41, 5.74) is 13.4. The van der Waals surface area contributed by atoms with Crippen LogP contribution in [0.2, 0.25) is 0 Å². The van der Waals surface area contributed by atoms with E-state index in [0.717, 1.165) is 11.6 Å². The second-order valence-electron chi connectivity index (χ2n) is 10.6. The summed E-state index contributed by atoms with van der Waals surface area (Å²) >= 11 is 0. The molecule has 0 radical (unpaired) electrons. The first-order chi connectivity index (χ1) is 19.8. The first-order valence-electron chi connectivity index (χ1n) is 14.2. The van der Waals surface area contributed by atoms with Crippen molar-refractivity contribution in [1.29, 1.82) is 0 Å². The molecule has 0 saturated heterocycles. The van der Waals surface area contributed by atoms with E-state index in [-0.39, 0.29) is 82.6 Å². The average Bonchev–Trinajstić information content (AvgIpc) is 2.97. The summed E-state index contributed by atoms with van der Waals surface area (Å²) in [7, 11) is 0. The molecule has 256 valence electrons. The SMILES string of the molecule is CC=[N+](c1ccccn1)c1c(C)cc(-c2ccc(C)c(-c3cc(C)c([N+](=CC)c4ccccn4)c(C)c3)c2)cc1C.[Cl-].[Cl-].[Cl-].[Cl-].[Ni].[Ni]. The van der Waals surface area contributed by atoms with Crippen molar-refractivity contribution in [3.63, 3.8) is 0 Å². The number of hydrogen-bond donors (Lipinski definition) is 0. The number of pyridine rings is 2. The quantitative estimate of drug-likeness (QED) is 0.106. The van der Waals surface area contributed by atoms with Crippen molar-refractivity contribution in [1.82, 2.24) is 19.1 Å². The van der Waals surface area contributed by atoms with Crippen LogP contribution >= 0.6 is 0 Å². The van der Waals surface area contributed by atoms with Crippen molar-refractivity contribution in [3.05, 3.63) is 119 Å². The van der Waals surface area contributed by atoms with Crippen LogP contribution in [0.3, 0.4) is 0 Å². The third-order valence-electron chi connectivity index (χ3n) is 7.65. The van der Waals surface area contributed by atoms with Gasteiger partial charge in [0.15, 0.2) is 0 Å². The van der Waals surface area contributed by atoms with Crippen molar-refractivity contribution >= 4 is 35.4 Å². The number of aromatic nitrogens is 2. The van der Waals surface area contributed by atoms with Crippen molar-refractivity contribution < 1.29 is 82.6 Å². The zero-order valence-electron chi connectivity index (χ0n) is 27.2. The van der Waals surface area contributed by atoms with Gasteiger partial charge in [-0.2, -0.15) is 0 Å². The molecule has 0 aliphatic rings. The molecule has 5 rings (SSSR count). The zero-order valence-corrected chi connectivity index (χ0v) is 32.2. The molecule has 0 aliphatic carbocycles. The Morgan fingerprint density at radius 2 is 0.872 bits per heavy atom. The number of aryl methyl sites for hydroxylation is 5. The smallest absolute Gasteiger partial charge is 0.327 e. The monoisotopic (exact) mass is 794 g/mol. The van der Waals surface area contributed by atoms with Gasteiger partial charge in [-0.1, -0.05) is 24.3 Å². The molecule has 5 aromatic rings. The van der Waals surface area contributed by atoms with Crippen LogP contribution in [-0.4, -0.2) is 22.4 Å². The van der Waals surface area contributed by atoms with Gasteiger partial charge in [0.25, 0.3) is 0 Å². The molecule has 47 heavy (non-hydrogen) atoms. The van der Waals surface area contributed by atoms with Crippen molar-refractivity contribution in [2.24, 2.45) is 0 Å². The van der Waals surface area contributed by atoms with Crippen LogP contribution in [-0.2, 0) is 33.0 Å². The Balaban J connectivity index is 0. The minimum atomic E-state index is 0. The molecule has 0 saturated carbocycles. The molecule has 4 nitrogen and oxygen atoms in total. The summed E-state index contributed by atoms with van der Waals surface area (Å²) in [5, 5.41) is 0. The molecule has 3 aromatic carbocycles. The van der Waals surface area contributed by atoms with Crippen molar-refractivity contribution in [2.75, 3.05) is 0 Å². The topological polar surface area (TPSA) is 31.8 Å². The molecule has 0 fully saturated rings. The van der Waals surface area contributed by atoms with Gasteiger partial charge in [0.2, 0.25) is 0 Å². The van der Waals surface area contributed by atoms with Crippen LogP contribution in [0.5, 0.6) is 0 Å². The molecule has 0 bridgehead atoms. The van der Waals surface area contributed by atoms with Gasteiger partial charge in [0.05, 0.1) is 12.4 Å². The van der Waals surface area contributed by atoms with Gasteiger partial charge in [-0.25, -0.2) is 9.15 Å². The normalized spacial score (nSPS) is 10.5. The van der Waals surface area contributed by atoms with Gasteiger partial charge in [0, 0.05) is 45.1 Å². The van der Waals surface area contributed by atoms with Gasteiger partial charge in [-0.15, -0.1) is 0 Å². The molecular weight excluding hydrogens is 760 g/mol. The number of halogens is 4. The van der Waals surface area contributed by atoms with E-state index in [9.17, 15) is 0 Å². The molecule has 0 N–H and O–H groups in total. The van der Waals surface area contributed by atoms with E-state index in [4.69, 9.17) is 0 Å². The van der Waals surface area contributed by atoms with E-state index in [0.29, 0.717) is 0 Å². The van der Waals surface area contributed by atoms with Crippen LogP contribution in [0.25, 0.3) is 22.3 Å². The Kier molecular flexibility index (Phi) is 20.5. The van der Waals surface area contributed by atoms with Crippen molar-refractivity contribution in [3.8, 4) is 22.3 Å². The van der Waals surface area contributed by atoms with Crippen LogP contribution in [0.15, 0.2) is 91.3 Å². The Bertz CT molecular complexity index is 1770. The third kappa shape index (κ3) is 9.99. The zero-order chi connectivity index (χ0) is 29.1. The molecule has 10 heteroatoms. The first-order valence-corrected chi connectivity index (χ1v) is 14.2. The number of nitrogens with zero attached hydrogens (tertiary/aromatic N) is 4. The Morgan fingerprint density at radius 1 is 0.468 bits per heavy atom. The summed E-state index contributed by atoms with van der Waals surface area (Å²) in [6.07, 6.45) is 7.85. The van der Waals surface area contributed by atoms with E-state index < -0.39 is 0 Å². The fraction of sp³-hybridized carbons (Fsp3) is 0.189. The predicted molar refractivity (Wildman–Crippen MR) is 176 cm³/mol. The van der Waals surface area contributed by atoms with Crippen LogP contribution in [0, 0.1) is 34.6 Å². The van der Waals surface area contributed by atoms with E-state index in [2.05, 4.69) is 122 Å².